The topological polar surface area (TPSA) is 20.2 Å². The lowest BCUT2D eigenvalue weighted by molar-refractivity contribution is 0.474. The highest BCUT2D eigenvalue weighted by atomic mass is 16.3. The fraction of sp³-hybridized carbons (Fsp3) is 0.182. The van der Waals surface area contributed by atoms with Gasteiger partial charge in [-0.2, -0.15) is 0 Å². The summed E-state index contributed by atoms with van der Waals surface area (Å²) in [6, 6.07) is 26.9. The van der Waals surface area contributed by atoms with E-state index in [1.807, 2.05) is 12.1 Å². The molecule has 0 spiro atoms. The largest absolute Gasteiger partial charge is 0.508 e. The summed E-state index contributed by atoms with van der Waals surface area (Å²) in [5.41, 5.74) is 5.28. The number of benzene rings is 3. The molecular formula is C22H22O. The van der Waals surface area contributed by atoms with Gasteiger partial charge in [-0.05, 0) is 60.1 Å². The van der Waals surface area contributed by atoms with E-state index in [4.69, 9.17) is 0 Å². The maximum atomic E-state index is 9.82. The molecule has 0 amide bonds. The van der Waals surface area contributed by atoms with Crippen LogP contribution in [0.25, 0.3) is 0 Å². The SMILES string of the molecule is Oc1ccc(CCc2ccccc2)c(CCc2ccccc2)c1. The van der Waals surface area contributed by atoms with Crippen LogP contribution in [0.4, 0.5) is 0 Å². The van der Waals surface area contributed by atoms with Gasteiger partial charge in [0.05, 0.1) is 0 Å². The van der Waals surface area contributed by atoms with Crippen LogP contribution in [0, 0.1) is 0 Å². The zero-order valence-electron chi connectivity index (χ0n) is 13.3. The van der Waals surface area contributed by atoms with Gasteiger partial charge in [0.15, 0.2) is 0 Å². The molecule has 3 aromatic carbocycles. The predicted molar refractivity (Wildman–Crippen MR) is 95.8 cm³/mol. The van der Waals surface area contributed by atoms with Crippen molar-refractivity contribution in [2.45, 2.75) is 25.7 Å². The summed E-state index contributed by atoms with van der Waals surface area (Å²) in [5.74, 6) is 0.358. The minimum Gasteiger partial charge on any atom is -0.508 e. The van der Waals surface area contributed by atoms with E-state index in [9.17, 15) is 5.11 Å². The zero-order chi connectivity index (χ0) is 15.9. The van der Waals surface area contributed by atoms with Crippen molar-refractivity contribution in [3.05, 3.63) is 101 Å². The molecule has 1 heteroatoms. The third-order valence-corrected chi connectivity index (χ3v) is 4.24. The summed E-state index contributed by atoms with van der Waals surface area (Å²) in [6.45, 7) is 0. The van der Waals surface area contributed by atoms with E-state index in [-0.39, 0.29) is 0 Å². The van der Waals surface area contributed by atoms with E-state index in [1.54, 1.807) is 6.07 Å². The van der Waals surface area contributed by atoms with E-state index < -0.39 is 0 Å². The molecule has 1 nitrogen and oxygen atoms in total. The highest BCUT2D eigenvalue weighted by Crippen LogP contribution is 2.20. The Morgan fingerprint density at radius 3 is 1.61 bits per heavy atom. The van der Waals surface area contributed by atoms with Crippen molar-refractivity contribution in [1.29, 1.82) is 0 Å². The Balaban J connectivity index is 1.70. The van der Waals surface area contributed by atoms with Crippen LogP contribution in [-0.4, -0.2) is 5.11 Å². The van der Waals surface area contributed by atoms with E-state index >= 15 is 0 Å². The lowest BCUT2D eigenvalue weighted by atomic mass is 9.95. The number of hydrogen-bond acceptors (Lipinski definition) is 1. The number of aromatic hydroxyl groups is 1. The number of aryl methyl sites for hydroxylation is 4. The van der Waals surface area contributed by atoms with Crippen LogP contribution in [0.5, 0.6) is 5.75 Å². The number of phenols is 1. The van der Waals surface area contributed by atoms with E-state index in [0.29, 0.717) is 5.75 Å². The van der Waals surface area contributed by atoms with Crippen LogP contribution in [0.3, 0.4) is 0 Å². The second-order valence-electron chi connectivity index (χ2n) is 5.92. The molecule has 0 saturated carbocycles. The Hall–Kier alpha value is -2.54. The van der Waals surface area contributed by atoms with Gasteiger partial charge in [-0.25, -0.2) is 0 Å². The molecule has 1 N–H and O–H groups in total. The second kappa shape index (κ2) is 7.64. The molecule has 3 aromatic rings. The van der Waals surface area contributed by atoms with Crippen molar-refractivity contribution in [2.24, 2.45) is 0 Å². The Bertz CT molecular complexity index is 732. The van der Waals surface area contributed by atoms with Gasteiger partial charge in [-0.1, -0.05) is 66.7 Å². The third-order valence-electron chi connectivity index (χ3n) is 4.24. The zero-order valence-corrected chi connectivity index (χ0v) is 13.3. The first-order valence-corrected chi connectivity index (χ1v) is 8.20. The average molecular weight is 302 g/mol. The second-order valence-corrected chi connectivity index (χ2v) is 5.92. The fourth-order valence-electron chi connectivity index (χ4n) is 2.94. The van der Waals surface area contributed by atoms with Gasteiger partial charge in [0, 0.05) is 0 Å². The maximum absolute atomic E-state index is 9.82. The minimum absolute atomic E-state index is 0.358. The highest BCUT2D eigenvalue weighted by Gasteiger charge is 2.05. The molecule has 0 heterocycles. The Morgan fingerprint density at radius 1 is 0.522 bits per heavy atom. The summed E-state index contributed by atoms with van der Waals surface area (Å²) < 4.78 is 0. The van der Waals surface area contributed by atoms with Crippen LogP contribution in [0.1, 0.15) is 22.3 Å². The standard InChI is InChI=1S/C22H22O/c23-22-16-15-20(13-11-18-7-3-1-4-8-18)21(17-22)14-12-19-9-5-2-6-10-19/h1-10,15-17,23H,11-14H2. The van der Waals surface area contributed by atoms with Crippen molar-refractivity contribution in [3.8, 4) is 5.75 Å². The van der Waals surface area contributed by atoms with Gasteiger partial charge in [-0.15, -0.1) is 0 Å². The Kier molecular flexibility index (Phi) is 5.10. The van der Waals surface area contributed by atoms with Crippen LogP contribution < -0.4 is 0 Å². The molecule has 0 radical (unpaired) electrons. The van der Waals surface area contributed by atoms with Crippen LogP contribution in [0.2, 0.25) is 0 Å². The summed E-state index contributed by atoms with van der Waals surface area (Å²) >= 11 is 0. The molecule has 0 atom stereocenters. The first-order chi connectivity index (χ1) is 11.3. The van der Waals surface area contributed by atoms with E-state index in [0.717, 1.165) is 25.7 Å². The van der Waals surface area contributed by atoms with Crippen LogP contribution in [-0.2, 0) is 25.7 Å². The molecule has 0 fully saturated rings. The van der Waals surface area contributed by atoms with Crippen molar-refractivity contribution >= 4 is 0 Å². The van der Waals surface area contributed by atoms with Gasteiger partial charge >= 0.3 is 0 Å². The predicted octanol–water partition coefficient (Wildman–Crippen LogP) is 4.96. The monoisotopic (exact) mass is 302 g/mol. The fourth-order valence-corrected chi connectivity index (χ4v) is 2.94. The maximum Gasteiger partial charge on any atom is 0.115 e. The van der Waals surface area contributed by atoms with Gasteiger partial charge in [0.1, 0.15) is 5.75 Å². The van der Waals surface area contributed by atoms with Gasteiger partial charge in [0.25, 0.3) is 0 Å². The molecule has 0 aliphatic rings. The van der Waals surface area contributed by atoms with Crippen molar-refractivity contribution < 1.29 is 5.11 Å². The van der Waals surface area contributed by atoms with Crippen molar-refractivity contribution in [2.75, 3.05) is 0 Å². The van der Waals surface area contributed by atoms with Gasteiger partial charge in [-0.3, -0.25) is 0 Å². The van der Waals surface area contributed by atoms with Crippen LogP contribution in [0.15, 0.2) is 78.9 Å². The molecule has 0 aromatic heterocycles. The highest BCUT2D eigenvalue weighted by molar-refractivity contribution is 5.36. The van der Waals surface area contributed by atoms with Gasteiger partial charge < -0.3 is 5.11 Å². The third kappa shape index (κ3) is 4.46. The van der Waals surface area contributed by atoms with E-state index in [2.05, 4.69) is 60.7 Å². The molecule has 23 heavy (non-hydrogen) atoms. The summed E-state index contributed by atoms with van der Waals surface area (Å²) in [4.78, 5) is 0. The number of hydrogen-bond donors (Lipinski definition) is 1. The molecule has 3 rings (SSSR count). The Morgan fingerprint density at radius 2 is 1.04 bits per heavy atom. The van der Waals surface area contributed by atoms with Crippen molar-refractivity contribution in [1.82, 2.24) is 0 Å². The summed E-state index contributed by atoms with van der Waals surface area (Å²) in [7, 11) is 0. The molecule has 116 valence electrons. The molecule has 0 bridgehead atoms. The van der Waals surface area contributed by atoms with Gasteiger partial charge in [0.2, 0.25) is 0 Å². The lowest BCUT2D eigenvalue weighted by Crippen LogP contribution is -1.99. The van der Waals surface area contributed by atoms with Crippen LogP contribution >= 0.6 is 0 Å². The van der Waals surface area contributed by atoms with Crippen molar-refractivity contribution in [3.63, 3.8) is 0 Å². The van der Waals surface area contributed by atoms with E-state index in [1.165, 1.54) is 22.3 Å². The molecule has 0 unspecified atom stereocenters. The summed E-state index contributed by atoms with van der Waals surface area (Å²) in [6.07, 6.45) is 4.00. The molecular weight excluding hydrogens is 280 g/mol. The average Bonchev–Trinajstić information content (AvgIpc) is 2.61. The lowest BCUT2D eigenvalue weighted by Gasteiger charge is -2.11. The smallest absolute Gasteiger partial charge is 0.115 e. The quantitative estimate of drug-likeness (QED) is 0.682. The minimum atomic E-state index is 0.358. The first kappa shape index (κ1) is 15.4. The molecule has 0 aliphatic carbocycles. The molecule has 0 aliphatic heterocycles. The first-order valence-electron chi connectivity index (χ1n) is 8.20. The Labute approximate surface area is 138 Å². The summed E-state index contributed by atoms with van der Waals surface area (Å²) in [5, 5.41) is 9.82. The normalized spacial score (nSPS) is 10.6. The number of phenolic OH excluding ortho intramolecular Hbond substituents is 1. The number of rotatable bonds is 6. The molecule has 0 saturated heterocycles.